The highest BCUT2D eigenvalue weighted by molar-refractivity contribution is 5.77. The Balaban J connectivity index is 2.17. The largest absolute Gasteiger partial charge is 0.490 e. The number of amides is 1. The Bertz CT molecular complexity index is 853. The fourth-order valence-electron chi connectivity index (χ4n) is 2.56. The summed E-state index contributed by atoms with van der Waals surface area (Å²) in [5.41, 5.74) is 2.31. The summed E-state index contributed by atoms with van der Waals surface area (Å²) in [7, 11) is 0. The Morgan fingerprint density at radius 1 is 1.15 bits per heavy atom. The summed E-state index contributed by atoms with van der Waals surface area (Å²) in [5.74, 6) is -0.176. The van der Waals surface area contributed by atoms with Crippen LogP contribution in [0.4, 0.5) is 0 Å². The first-order valence-corrected chi connectivity index (χ1v) is 8.64. The molecule has 0 heterocycles. The molecule has 1 amide bonds. The number of hydrogen-bond donors (Lipinski definition) is 1. The van der Waals surface area contributed by atoms with Crippen LogP contribution >= 0.6 is 0 Å². The number of ether oxygens (including phenoxy) is 2. The third-order valence-corrected chi connectivity index (χ3v) is 3.82. The lowest BCUT2D eigenvalue weighted by molar-refractivity contribution is -0.135. The van der Waals surface area contributed by atoms with Crippen LogP contribution < -0.4 is 14.8 Å². The lowest BCUT2D eigenvalue weighted by Gasteiger charge is -2.18. The highest BCUT2D eigenvalue weighted by Crippen LogP contribution is 2.29. The minimum atomic E-state index is -0.514. The van der Waals surface area contributed by atoms with E-state index >= 15 is 0 Å². The fourth-order valence-corrected chi connectivity index (χ4v) is 2.56. The number of nitriles is 1. The fraction of sp³-hybridized carbons (Fsp3) is 0.286. The first-order valence-electron chi connectivity index (χ1n) is 8.64. The first kappa shape index (κ1) is 20.0. The predicted molar refractivity (Wildman–Crippen MR) is 100 cm³/mol. The van der Waals surface area contributed by atoms with Crippen molar-refractivity contribution in [3.63, 3.8) is 0 Å². The Kier molecular flexibility index (Phi) is 6.95. The molecule has 0 fully saturated rings. The molecule has 2 aromatic rings. The molecule has 6 nitrogen and oxygen atoms in total. The van der Waals surface area contributed by atoms with Gasteiger partial charge < -0.3 is 14.8 Å². The Labute approximate surface area is 158 Å². The smallest absolute Gasteiger partial charge is 0.313 e. The zero-order valence-electron chi connectivity index (χ0n) is 15.6. The van der Waals surface area contributed by atoms with E-state index in [-0.39, 0.29) is 18.1 Å². The molecule has 0 spiro atoms. The molecule has 0 aliphatic heterocycles. The van der Waals surface area contributed by atoms with Crippen molar-refractivity contribution in [1.82, 2.24) is 5.32 Å². The second kappa shape index (κ2) is 9.39. The maximum absolute atomic E-state index is 12.5. The van der Waals surface area contributed by atoms with Crippen LogP contribution in [0.3, 0.4) is 0 Å². The van der Waals surface area contributed by atoms with Crippen molar-refractivity contribution < 1.29 is 19.1 Å². The van der Waals surface area contributed by atoms with Gasteiger partial charge in [0.05, 0.1) is 30.7 Å². The molecule has 0 bridgehead atoms. The summed E-state index contributed by atoms with van der Waals surface area (Å²) in [4.78, 5) is 24.0. The van der Waals surface area contributed by atoms with Gasteiger partial charge in [0.1, 0.15) is 0 Å². The molecule has 1 atom stereocenters. The summed E-state index contributed by atoms with van der Waals surface area (Å²) < 4.78 is 10.9. The minimum absolute atomic E-state index is 0.0335. The second-order valence-electron chi connectivity index (χ2n) is 6.05. The molecule has 1 unspecified atom stereocenters. The molecule has 0 saturated carbocycles. The number of carbonyl (C=O) groups is 2. The van der Waals surface area contributed by atoms with Crippen LogP contribution in [-0.2, 0) is 9.59 Å². The molecule has 0 saturated heterocycles. The van der Waals surface area contributed by atoms with Gasteiger partial charge in [-0.25, -0.2) is 0 Å². The average molecular weight is 366 g/mol. The van der Waals surface area contributed by atoms with Crippen molar-refractivity contribution in [2.45, 2.75) is 33.2 Å². The number of rotatable bonds is 7. The van der Waals surface area contributed by atoms with E-state index < -0.39 is 12.0 Å². The van der Waals surface area contributed by atoms with Gasteiger partial charge in [0.25, 0.3) is 0 Å². The maximum atomic E-state index is 12.5. The Morgan fingerprint density at radius 2 is 1.85 bits per heavy atom. The maximum Gasteiger partial charge on any atom is 0.313 e. The molecule has 2 rings (SSSR count). The molecule has 2 aromatic carbocycles. The zero-order valence-corrected chi connectivity index (χ0v) is 15.6. The standard InChI is InChI=1S/C21H22N2O4/c1-4-26-20-11-16(13-22)7-10-19(20)27-21(25)12-18(23-15(3)24)17-8-5-14(2)6-9-17/h5-11,18H,4,12H2,1-3H3,(H,23,24). The van der Waals surface area contributed by atoms with Crippen LogP contribution in [0.25, 0.3) is 0 Å². The number of benzene rings is 2. The zero-order chi connectivity index (χ0) is 19.8. The van der Waals surface area contributed by atoms with E-state index in [9.17, 15) is 9.59 Å². The quantitative estimate of drug-likeness (QED) is 0.599. The van der Waals surface area contributed by atoms with Gasteiger partial charge in [-0.2, -0.15) is 5.26 Å². The monoisotopic (exact) mass is 366 g/mol. The third-order valence-electron chi connectivity index (χ3n) is 3.82. The number of carbonyl (C=O) groups excluding carboxylic acids is 2. The predicted octanol–water partition coefficient (Wildman–Crippen LogP) is 3.44. The van der Waals surface area contributed by atoms with Crippen LogP contribution in [0.2, 0.25) is 0 Å². The van der Waals surface area contributed by atoms with E-state index in [0.29, 0.717) is 17.9 Å². The number of hydrogen-bond acceptors (Lipinski definition) is 5. The van der Waals surface area contributed by atoms with E-state index in [1.54, 1.807) is 13.0 Å². The van der Waals surface area contributed by atoms with Crippen molar-refractivity contribution in [3.8, 4) is 17.6 Å². The molecule has 6 heteroatoms. The summed E-state index contributed by atoms with van der Waals surface area (Å²) in [5, 5.41) is 11.8. The van der Waals surface area contributed by atoms with E-state index in [1.165, 1.54) is 19.1 Å². The van der Waals surface area contributed by atoms with Gasteiger partial charge in [-0.3, -0.25) is 9.59 Å². The van der Waals surface area contributed by atoms with E-state index in [2.05, 4.69) is 5.32 Å². The van der Waals surface area contributed by atoms with Crippen LogP contribution in [0.1, 0.15) is 43.0 Å². The third kappa shape index (κ3) is 5.86. The van der Waals surface area contributed by atoms with Crippen LogP contribution in [0.5, 0.6) is 11.5 Å². The van der Waals surface area contributed by atoms with Crippen molar-refractivity contribution in [1.29, 1.82) is 5.26 Å². The van der Waals surface area contributed by atoms with Crippen molar-refractivity contribution in [2.75, 3.05) is 6.61 Å². The molecule has 0 aliphatic rings. The lowest BCUT2D eigenvalue weighted by atomic mass is 10.0. The SMILES string of the molecule is CCOc1cc(C#N)ccc1OC(=O)CC(NC(C)=O)c1ccc(C)cc1. The van der Waals surface area contributed by atoms with E-state index in [4.69, 9.17) is 14.7 Å². The molecule has 1 N–H and O–H groups in total. The van der Waals surface area contributed by atoms with Gasteiger partial charge in [-0.1, -0.05) is 29.8 Å². The minimum Gasteiger partial charge on any atom is -0.490 e. The van der Waals surface area contributed by atoms with Crippen LogP contribution in [-0.4, -0.2) is 18.5 Å². The summed E-state index contributed by atoms with van der Waals surface area (Å²) >= 11 is 0. The van der Waals surface area contributed by atoms with Crippen molar-refractivity contribution >= 4 is 11.9 Å². The Hall–Kier alpha value is -3.33. The van der Waals surface area contributed by atoms with Crippen LogP contribution in [0, 0.1) is 18.3 Å². The molecule has 0 aliphatic carbocycles. The summed E-state index contributed by atoms with van der Waals surface area (Å²) in [6.07, 6.45) is -0.0335. The molecule has 27 heavy (non-hydrogen) atoms. The lowest BCUT2D eigenvalue weighted by Crippen LogP contribution is -2.29. The normalized spacial score (nSPS) is 11.2. The average Bonchev–Trinajstić information content (AvgIpc) is 2.63. The molecular weight excluding hydrogens is 344 g/mol. The van der Waals surface area contributed by atoms with Crippen LogP contribution in [0.15, 0.2) is 42.5 Å². The molecular formula is C21H22N2O4. The second-order valence-corrected chi connectivity index (χ2v) is 6.05. The first-order chi connectivity index (χ1) is 12.9. The highest BCUT2D eigenvalue weighted by atomic mass is 16.6. The van der Waals surface area contributed by atoms with Crippen molar-refractivity contribution in [2.24, 2.45) is 0 Å². The van der Waals surface area contributed by atoms with Gasteiger partial charge in [0, 0.05) is 13.0 Å². The number of nitrogens with one attached hydrogen (secondary N) is 1. The van der Waals surface area contributed by atoms with E-state index in [1.807, 2.05) is 37.3 Å². The molecule has 0 radical (unpaired) electrons. The van der Waals surface area contributed by atoms with E-state index in [0.717, 1.165) is 11.1 Å². The number of aryl methyl sites for hydroxylation is 1. The summed E-state index contributed by atoms with van der Waals surface area (Å²) in [6.45, 7) is 5.54. The summed E-state index contributed by atoms with van der Waals surface area (Å²) in [6, 6.07) is 13.7. The van der Waals surface area contributed by atoms with Gasteiger partial charge in [-0.15, -0.1) is 0 Å². The molecule has 0 aromatic heterocycles. The van der Waals surface area contributed by atoms with Gasteiger partial charge in [0.15, 0.2) is 11.5 Å². The Morgan fingerprint density at radius 3 is 2.44 bits per heavy atom. The van der Waals surface area contributed by atoms with Gasteiger partial charge in [-0.05, 0) is 31.5 Å². The topological polar surface area (TPSA) is 88.4 Å². The number of esters is 1. The number of nitrogens with zero attached hydrogens (tertiary/aromatic N) is 1. The van der Waals surface area contributed by atoms with Gasteiger partial charge >= 0.3 is 5.97 Å². The van der Waals surface area contributed by atoms with Gasteiger partial charge in [0.2, 0.25) is 5.91 Å². The molecule has 140 valence electrons. The highest BCUT2D eigenvalue weighted by Gasteiger charge is 2.20. The van der Waals surface area contributed by atoms with Crippen molar-refractivity contribution in [3.05, 3.63) is 59.2 Å².